The number of nitrogens with zero attached hydrogens (tertiary/aromatic N) is 1. The van der Waals surface area contributed by atoms with Gasteiger partial charge in [0.25, 0.3) is 0 Å². The summed E-state index contributed by atoms with van der Waals surface area (Å²) in [6, 6.07) is 11.3. The molecule has 0 aromatic heterocycles. The third kappa shape index (κ3) is 4.41. The topological polar surface area (TPSA) is 41.6 Å². The summed E-state index contributed by atoms with van der Waals surface area (Å²) in [5, 5.41) is 2.70. The SMILES string of the molecule is COc1ccccc1NC(=O)N(C)Cc1ccc(C(F)(F)F)cc1. The van der Waals surface area contributed by atoms with Gasteiger partial charge in [-0.1, -0.05) is 24.3 Å². The lowest BCUT2D eigenvalue weighted by molar-refractivity contribution is -0.137. The van der Waals surface area contributed by atoms with E-state index in [-0.39, 0.29) is 12.6 Å². The molecule has 0 aliphatic heterocycles. The van der Waals surface area contributed by atoms with E-state index in [1.807, 2.05) is 0 Å². The zero-order chi connectivity index (χ0) is 17.7. The number of rotatable bonds is 4. The third-order valence-electron chi connectivity index (χ3n) is 3.40. The van der Waals surface area contributed by atoms with Gasteiger partial charge in [-0.15, -0.1) is 0 Å². The molecule has 7 heteroatoms. The summed E-state index contributed by atoms with van der Waals surface area (Å²) in [5.41, 5.74) is 0.400. The van der Waals surface area contributed by atoms with Crippen LogP contribution in [0.15, 0.2) is 48.5 Å². The maximum atomic E-state index is 12.5. The quantitative estimate of drug-likeness (QED) is 0.899. The molecule has 0 aliphatic carbocycles. The van der Waals surface area contributed by atoms with Crippen molar-refractivity contribution in [1.82, 2.24) is 4.90 Å². The Labute approximate surface area is 137 Å². The Kier molecular flexibility index (Phi) is 5.33. The number of ether oxygens (including phenoxy) is 1. The summed E-state index contributed by atoms with van der Waals surface area (Å²) in [5.74, 6) is 0.522. The number of urea groups is 1. The molecule has 0 unspecified atom stereocenters. The number of hydrogen-bond acceptors (Lipinski definition) is 2. The number of carbonyl (C=O) groups excluding carboxylic acids is 1. The molecule has 0 saturated carbocycles. The lowest BCUT2D eigenvalue weighted by Gasteiger charge is -2.19. The first kappa shape index (κ1) is 17.7. The second-order valence-corrected chi connectivity index (χ2v) is 5.18. The van der Waals surface area contributed by atoms with Gasteiger partial charge < -0.3 is 15.0 Å². The minimum atomic E-state index is -4.37. The van der Waals surface area contributed by atoms with Gasteiger partial charge in [-0.25, -0.2) is 4.79 Å². The van der Waals surface area contributed by atoms with E-state index < -0.39 is 11.7 Å². The highest BCUT2D eigenvalue weighted by Gasteiger charge is 2.29. The minimum Gasteiger partial charge on any atom is -0.495 e. The van der Waals surface area contributed by atoms with Gasteiger partial charge in [0, 0.05) is 13.6 Å². The zero-order valence-corrected chi connectivity index (χ0v) is 13.2. The van der Waals surface area contributed by atoms with Crippen LogP contribution < -0.4 is 10.1 Å². The first-order chi connectivity index (χ1) is 11.3. The first-order valence-electron chi connectivity index (χ1n) is 7.12. The predicted molar refractivity (Wildman–Crippen MR) is 84.9 cm³/mol. The van der Waals surface area contributed by atoms with E-state index in [2.05, 4.69) is 5.32 Å². The summed E-state index contributed by atoms with van der Waals surface area (Å²) in [7, 11) is 3.05. The summed E-state index contributed by atoms with van der Waals surface area (Å²) < 4.78 is 42.8. The smallest absolute Gasteiger partial charge is 0.416 e. The largest absolute Gasteiger partial charge is 0.495 e. The van der Waals surface area contributed by atoms with Crippen LogP contribution >= 0.6 is 0 Å². The van der Waals surface area contributed by atoms with Gasteiger partial charge >= 0.3 is 12.2 Å². The summed E-state index contributed by atoms with van der Waals surface area (Å²) in [6.45, 7) is 0.180. The second-order valence-electron chi connectivity index (χ2n) is 5.18. The number of amides is 2. The van der Waals surface area contributed by atoms with Crippen molar-refractivity contribution in [3.8, 4) is 5.75 Å². The maximum absolute atomic E-state index is 12.5. The Morgan fingerprint density at radius 2 is 1.75 bits per heavy atom. The lowest BCUT2D eigenvalue weighted by atomic mass is 10.1. The van der Waals surface area contributed by atoms with Gasteiger partial charge in [0.15, 0.2) is 0 Å². The van der Waals surface area contributed by atoms with Crippen LogP contribution in [0.25, 0.3) is 0 Å². The highest BCUT2D eigenvalue weighted by molar-refractivity contribution is 5.90. The van der Waals surface area contributed by atoms with Crippen LogP contribution in [0.3, 0.4) is 0 Å². The average Bonchev–Trinajstić information content (AvgIpc) is 2.55. The molecule has 2 aromatic carbocycles. The molecule has 24 heavy (non-hydrogen) atoms. The predicted octanol–water partition coefficient (Wildman–Crippen LogP) is 4.38. The first-order valence-corrected chi connectivity index (χ1v) is 7.12. The fourth-order valence-corrected chi connectivity index (χ4v) is 2.10. The van der Waals surface area contributed by atoms with Crippen LogP contribution in [0.4, 0.5) is 23.7 Å². The molecule has 2 rings (SSSR count). The van der Waals surface area contributed by atoms with Gasteiger partial charge in [-0.3, -0.25) is 0 Å². The molecule has 1 N–H and O–H groups in total. The van der Waals surface area contributed by atoms with Gasteiger partial charge in [-0.2, -0.15) is 13.2 Å². The Balaban J connectivity index is 2.01. The van der Waals surface area contributed by atoms with Crippen LogP contribution in [0, 0.1) is 0 Å². The fraction of sp³-hybridized carbons (Fsp3) is 0.235. The number of nitrogens with one attached hydrogen (secondary N) is 1. The van der Waals surface area contributed by atoms with E-state index in [0.29, 0.717) is 17.0 Å². The second kappa shape index (κ2) is 7.25. The number of hydrogen-bond donors (Lipinski definition) is 1. The van der Waals surface area contributed by atoms with E-state index in [4.69, 9.17) is 4.74 Å². The standard InChI is InChI=1S/C17H17F3N2O2/c1-22(11-12-7-9-13(10-8-12)17(18,19)20)16(23)21-14-5-3-4-6-15(14)24-2/h3-10H,11H2,1-2H3,(H,21,23). The van der Waals surface area contributed by atoms with E-state index in [0.717, 1.165) is 12.1 Å². The van der Waals surface area contributed by atoms with Crippen molar-refractivity contribution in [3.63, 3.8) is 0 Å². The number of methoxy groups -OCH3 is 1. The summed E-state index contributed by atoms with van der Waals surface area (Å²) in [4.78, 5) is 13.6. The van der Waals surface area contributed by atoms with Crippen molar-refractivity contribution in [1.29, 1.82) is 0 Å². The molecule has 0 fully saturated rings. The lowest BCUT2D eigenvalue weighted by Crippen LogP contribution is -2.31. The Morgan fingerprint density at radius 1 is 1.12 bits per heavy atom. The molecule has 0 bridgehead atoms. The highest BCUT2D eigenvalue weighted by Crippen LogP contribution is 2.29. The van der Waals surface area contributed by atoms with Gasteiger partial charge in [0.2, 0.25) is 0 Å². The van der Waals surface area contributed by atoms with Gasteiger partial charge in [0.1, 0.15) is 5.75 Å². The normalized spacial score (nSPS) is 11.0. The van der Waals surface area contributed by atoms with Crippen molar-refractivity contribution < 1.29 is 22.7 Å². The highest BCUT2D eigenvalue weighted by atomic mass is 19.4. The average molecular weight is 338 g/mol. The number of carbonyl (C=O) groups is 1. The van der Waals surface area contributed by atoms with Crippen LogP contribution in [0.2, 0.25) is 0 Å². The van der Waals surface area contributed by atoms with E-state index in [1.54, 1.807) is 31.3 Å². The Bertz CT molecular complexity index is 700. The summed E-state index contributed by atoms with van der Waals surface area (Å²) >= 11 is 0. The molecular formula is C17H17F3N2O2. The van der Waals surface area contributed by atoms with Gasteiger partial charge in [-0.05, 0) is 29.8 Å². The Hall–Kier alpha value is -2.70. The molecular weight excluding hydrogens is 321 g/mol. The monoisotopic (exact) mass is 338 g/mol. The minimum absolute atomic E-state index is 0.180. The molecule has 0 spiro atoms. The molecule has 128 valence electrons. The van der Waals surface area contributed by atoms with Crippen molar-refractivity contribution >= 4 is 11.7 Å². The maximum Gasteiger partial charge on any atom is 0.416 e. The van der Waals surface area contributed by atoms with E-state index >= 15 is 0 Å². The van der Waals surface area contributed by atoms with Crippen LogP contribution in [-0.4, -0.2) is 25.1 Å². The third-order valence-corrected chi connectivity index (χ3v) is 3.40. The number of anilines is 1. The van der Waals surface area contributed by atoms with Gasteiger partial charge in [0.05, 0.1) is 18.4 Å². The number of halogens is 3. The van der Waals surface area contributed by atoms with Crippen molar-refractivity contribution in [2.75, 3.05) is 19.5 Å². The Morgan fingerprint density at radius 3 is 2.33 bits per heavy atom. The molecule has 0 aliphatic rings. The number of benzene rings is 2. The molecule has 2 amide bonds. The molecule has 2 aromatic rings. The fourth-order valence-electron chi connectivity index (χ4n) is 2.10. The van der Waals surface area contributed by atoms with Crippen molar-refractivity contribution in [2.45, 2.75) is 12.7 Å². The molecule has 0 heterocycles. The van der Waals surface area contributed by atoms with E-state index in [1.165, 1.54) is 24.1 Å². The van der Waals surface area contributed by atoms with Crippen LogP contribution in [0.1, 0.15) is 11.1 Å². The molecule has 0 saturated heterocycles. The summed E-state index contributed by atoms with van der Waals surface area (Å²) in [6.07, 6.45) is -4.37. The van der Waals surface area contributed by atoms with E-state index in [9.17, 15) is 18.0 Å². The van der Waals surface area contributed by atoms with Crippen LogP contribution in [0.5, 0.6) is 5.75 Å². The number of para-hydroxylation sites is 2. The zero-order valence-electron chi connectivity index (χ0n) is 13.2. The number of alkyl halides is 3. The van der Waals surface area contributed by atoms with Crippen molar-refractivity contribution in [2.24, 2.45) is 0 Å². The molecule has 0 atom stereocenters. The molecule has 4 nitrogen and oxygen atoms in total. The molecule has 0 radical (unpaired) electrons. The van der Waals surface area contributed by atoms with Crippen molar-refractivity contribution in [3.05, 3.63) is 59.7 Å². The van der Waals surface area contributed by atoms with Crippen LogP contribution in [-0.2, 0) is 12.7 Å².